The second-order valence-corrected chi connectivity index (χ2v) is 8.25. The molecule has 0 saturated heterocycles. The molecule has 2 heterocycles. The van der Waals surface area contributed by atoms with E-state index in [2.05, 4.69) is 39.6 Å². The normalized spacial score (nSPS) is 16.3. The van der Waals surface area contributed by atoms with Crippen LogP contribution in [0.1, 0.15) is 53.8 Å². The number of benzene rings is 1. The van der Waals surface area contributed by atoms with Gasteiger partial charge in [0.25, 0.3) is 5.91 Å². The Labute approximate surface area is 178 Å². The van der Waals surface area contributed by atoms with Crippen molar-refractivity contribution in [3.8, 4) is 0 Å². The molecule has 1 aromatic carbocycles. The zero-order valence-corrected chi connectivity index (χ0v) is 18.6. The first-order valence-corrected chi connectivity index (χ1v) is 10.6. The number of aliphatic imine (C=N–C) groups is 1. The summed E-state index contributed by atoms with van der Waals surface area (Å²) in [4.78, 5) is 22.7. The van der Waals surface area contributed by atoms with Gasteiger partial charge >= 0.3 is 0 Å². The summed E-state index contributed by atoms with van der Waals surface area (Å²) < 4.78 is 2.02. The average Bonchev–Trinajstić information content (AvgIpc) is 3.16. The zero-order valence-electron chi connectivity index (χ0n) is 18.6. The number of nitrogens with zero attached hydrogens (tertiary/aromatic N) is 5. The number of amides is 1. The van der Waals surface area contributed by atoms with Gasteiger partial charge in [0.05, 0.1) is 6.54 Å². The van der Waals surface area contributed by atoms with Crippen molar-refractivity contribution in [2.75, 3.05) is 27.7 Å². The summed E-state index contributed by atoms with van der Waals surface area (Å²) in [5, 5.41) is 11.5. The lowest BCUT2D eigenvalue weighted by Crippen LogP contribution is -2.47. The van der Waals surface area contributed by atoms with Gasteiger partial charge in [0.15, 0.2) is 11.8 Å². The Morgan fingerprint density at radius 2 is 2.17 bits per heavy atom. The molecule has 1 unspecified atom stereocenters. The summed E-state index contributed by atoms with van der Waals surface area (Å²) in [6.45, 7) is 5.77. The standard InChI is InChI=1S/C22H33N7O/c1-15(2)20-26-19-10-9-18(14-29(19)27-20)25-22(23-3)24-12-11-16-7-6-8-17(13-16)21(30)28(4)5/h6-8,13,15,18H,9-12,14H2,1-5H3,(H2,23,24,25). The minimum atomic E-state index is 0.0210. The Balaban J connectivity index is 1.51. The van der Waals surface area contributed by atoms with Gasteiger partial charge in [0, 0.05) is 51.6 Å². The number of hydrogen-bond acceptors (Lipinski definition) is 4. The Bertz CT molecular complexity index is 901. The highest BCUT2D eigenvalue weighted by Crippen LogP contribution is 2.17. The predicted molar refractivity (Wildman–Crippen MR) is 119 cm³/mol. The van der Waals surface area contributed by atoms with Crippen LogP contribution in [-0.4, -0.2) is 65.3 Å². The molecule has 1 aliphatic rings. The highest BCUT2D eigenvalue weighted by Gasteiger charge is 2.23. The molecule has 1 aliphatic heterocycles. The SMILES string of the molecule is CN=C(NCCc1cccc(C(=O)N(C)C)c1)NC1CCc2nc(C(C)C)nn2C1. The molecule has 2 aromatic rings. The lowest BCUT2D eigenvalue weighted by atomic mass is 10.1. The van der Waals surface area contributed by atoms with Crippen molar-refractivity contribution in [1.82, 2.24) is 30.3 Å². The molecule has 30 heavy (non-hydrogen) atoms. The van der Waals surface area contributed by atoms with Crippen LogP contribution in [0.3, 0.4) is 0 Å². The van der Waals surface area contributed by atoms with Gasteiger partial charge in [0.2, 0.25) is 0 Å². The van der Waals surface area contributed by atoms with Crippen LogP contribution in [0.15, 0.2) is 29.3 Å². The summed E-state index contributed by atoms with van der Waals surface area (Å²) >= 11 is 0. The van der Waals surface area contributed by atoms with E-state index in [0.717, 1.165) is 55.5 Å². The van der Waals surface area contributed by atoms with Crippen LogP contribution in [0.5, 0.6) is 0 Å². The van der Waals surface area contributed by atoms with E-state index in [-0.39, 0.29) is 11.9 Å². The van der Waals surface area contributed by atoms with Crippen LogP contribution < -0.4 is 10.6 Å². The third kappa shape index (κ3) is 5.37. The van der Waals surface area contributed by atoms with E-state index in [1.54, 1.807) is 26.0 Å². The number of carbonyl (C=O) groups is 1. The van der Waals surface area contributed by atoms with Crippen LogP contribution >= 0.6 is 0 Å². The van der Waals surface area contributed by atoms with E-state index in [1.165, 1.54) is 0 Å². The van der Waals surface area contributed by atoms with Gasteiger partial charge in [-0.3, -0.25) is 9.79 Å². The molecule has 2 N–H and O–H groups in total. The maximum atomic E-state index is 12.1. The molecular formula is C22H33N7O. The molecule has 162 valence electrons. The molecule has 0 spiro atoms. The van der Waals surface area contributed by atoms with Gasteiger partial charge in [-0.1, -0.05) is 26.0 Å². The Morgan fingerprint density at radius 3 is 2.87 bits per heavy atom. The molecule has 8 heteroatoms. The average molecular weight is 412 g/mol. The maximum Gasteiger partial charge on any atom is 0.253 e. The summed E-state index contributed by atoms with van der Waals surface area (Å²) in [5.74, 6) is 3.14. The van der Waals surface area contributed by atoms with Crippen molar-refractivity contribution in [2.24, 2.45) is 4.99 Å². The molecule has 0 bridgehead atoms. The number of nitrogens with one attached hydrogen (secondary N) is 2. The van der Waals surface area contributed by atoms with E-state index < -0.39 is 0 Å². The lowest BCUT2D eigenvalue weighted by Gasteiger charge is -2.25. The fourth-order valence-electron chi connectivity index (χ4n) is 3.52. The number of guanidine groups is 1. The highest BCUT2D eigenvalue weighted by atomic mass is 16.2. The molecule has 0 fully saturated rings. The molecule has 8 nitrogen and oxygen atoms in total. The Hall–Kier alpha value is -2.90. The molecule has 0 saturated carbocycles. The number of hydrogen-bond donors (Lipinski definition) is 2. The lowest BCUT2D eigenvalue weighted by molar-refractivity contribution is 0.0827. The van der Waals surface area contributed by atoms with Crippen LogP contribution in [0.25, 0.3) is 0 Å². The number of fused-ring (bicyclic) bond motifs is 1. The molecule has 1 amide bonds. The topological polar surface area (TPSA) is 87.4 Å². The van der Waals surface area contributed by atoms with Gasteiger partial charge < -0.3 is 15.5 Å². The second-order valence-electron chi connectivity index (χ2n) is 8.25. The van der Waals surface area contributed by atoms with Gasteiger partial charge in [-0.2, -0.15) is 5.10 Å². The summed E-state index contributed by atoms with van der Waals surface area (Å²) in [6, 6.07) is 8.06. The largest absolute Gasteiger partial charge is 0.356 e. The van der Waals surface area contributed by atoms with Crippen molar-refractivity contribution in [3.63, 3.8) is 0 Å². The van der Waals surface area contributed by atoms with E-state index >= 15 is 0 Å². The van der Waals surface area contributed by atoms with Crippen molar-refractivity contribution >= 4 is 11.9 Å². The van der Waals surface area contributed by atoms with Crippen molar-refractivity contribution in [1.29, 1.82) is 0 Å². The monoisotopic (exact) mass is 411 g/mol. The van der Waals surface area contributed by atoms with Crippen molar-refractivity contribution < 1.29 is 4.79 Å². The first-order chi connectivity index (χ1) is 14.4. The third-order valence-corrected chi connectivity index (χ3v) is 5.24. The molecular weight excluding hydrogens is 378 g/mol. The fourth-order valence-corrected chi connectivity index (χ4v) is 3.52. The third-order valence-electron chi connectivity index (χ3n) is 5.24. The van der Waals surface area contributed by atoms with E-state index in [0.29, 0.717) is 11.5 Å². The summed E-state index contributed by atoms with van der Waals surface area (Å²) in [5.41, 5.74) is 1.84. The molecule has 0 aliphatic carbocycles. The van der Waals surface area contributed by atoms with Gasteiger partial charge in [-0.15, -0.1) is 0 Å². The van der Waals surface area contributed by atoms with Crippen LogP contribution in [0.2, 0.25) is 0 Å². The highest BCUT2D eigenvalue weighted by molar-refractivity contribution is 5.94. The van der Waals surface area contributed by atoms with Crippen LogP contribution in [0.4, 0.5) is 0 Å². The second kappa shape index (κ2) is 9.73. The first kappa shape index (κ1) is 21.8. The maximum absolute atomic E-state index is 12.1. The van der Waals surface area contributed by atoms with E-state index in [9.17, 15) is 4.79 Å². The molecule has 0 radical (unpaired) electrons. The zero-order chi connectivity index (χ0) is 21.7. The molecule has 1 aromatic heterocycles. The fraction of sp³-hybridized carbons (Fsp3) is 0.545. The van der Waals surface area contributed by atoms with Crippen LogP contribution in [-0.2, 0) is 19.4 Å². The minimum absolute atomic E-state index is 0.0210. The van der Waals surface area contributed by atoms with Crippen molar-refractivity contribution in [3.05, 3.63) is 47.0 Å². The van der Waals surface area contributed by atoms with Crippen molar-refractivity contribution in [2.45, 2.75) is 51.6 Å². The van der Waals surface area contributed by atoms with Gasteiger partial charge in [-0.05, 0) is 30.5 Å². The smallest absolute Gasteiger partial charge is 0.253 e. The van der Waals surface area contributed by atoms with E-state index in [1.807, 2.05) is 28.9 Å². The summed E-state index contributed by atoms with van der Waals surface area (Å²) in [7, 11) is 5.32. The molecule has 3 rings (SSSR count). The number of aromatic nitrogens is 3. The molecule has 1 atom stereocenters. The van der Waals surface area contributed by atoms with E-state index in [4.69, 9.17) is 0 Å². The minimum Gasteiger partial charge on any atom is -0.356 e. The summed E-state index contributed by atoms with van der Waals surface area (Å²) in [6.07, 6.45) is 2.73. The number of carbonyl (C=O) groups excluding carboxylic acids is 1. The van der Waals surface area contributed by atoms with Gasteiger partial charge in [0.1, 0.15) is 5.82 Å². The van der Waals surface area contributed by atoms with Crippen LogP contribution in [0, 0.1) is 0 Å². The Morgan fingerprint density at radius 1 is 1.37 bits per heavy atom. The number of rotatable bonds is 6. The van der Waals surface area contributed by atoms with Gasteiger partial charge in [-0.25, -0.2) is 9.67 Å². The predicted octanol–water partition coefficient (Wildman–Crippen LogP) is 1.83. The first-order valence-electron chi connectivity index (χ1n) is 10.6. The Kier molecular flexibility index (Phi) is 7.07. The number of aryl methyl sites for hydroxylation is 1. The quantitative estimate of drug-likeness (QED) is 0.559.